The van der Waals surface area contributed by atoms with E-state index in [1.165, 1.54) is 18.6 Å². The van der Waals surface area contributed by atoms with Crippen LogP contribution in [0.3, 0.4) is 0 Å². The smallest absolute Gasteiger partial charge is 0.0713 e. The molecule has 1 aliphatic heterocycles. The van der Waals surface area contributed by atoms with Crippen LogP contribution in [0.5, 0.6) is 0 Å². The molecule has 96 valence electrons. The standard InChI is InChI=1S/C13H22N2OS/c1-3-10-8-11(15(2)14-10)9-12(16)13-6-4-5-7-17-13/h8,12-13,16H,3-7,9H2,1-2H3. The summed E-state index contributed by atoms with van der Waals surface area (Å²) in [6.07, 6.45) is 5.20. The van der Waals surface area contributed by atoms with E-state index in [2.05, 4.69) is 18.1 Å². The van der Waals surface area contributed by atoms with Crippen molar-refractivity contribution >= 4 is 11.8 Å². The van der Waals surface area contributed by atoms with Crippen LogP contribution >= 0.6 is 11.8 Å². The summed E-state index contributed by atoms with van der Waals surface area (Å²) in [5.74, 6) is 1.20. The van der Waals surface area contributed by atoms with Gasteiger partial charge in [0.05, 0.1) is 11.8 Å². The van der Waals surface area contributed by atoms with Gasteiger partial charge in [0.1, 0.15) is 0 Å². The lowest BCUT2D eigenvalue weighted by molar-refractivity contribution is 0.164. The molecule has 0 bridgehead atoms. The largest absolute Gasteiger partial charge is 0.392 e. The van der Waals surface area contributed by atoms with Crippen molar-refractivity contribution in [3.05, 3.63) is 17.5 Å². The summed E-state index contributed by atoms with van der Waals surface area (Å²) in [7, 11) is 1.97. The summed E-state index contributed by atoms with van der Waals surface area (Å²) in [5.41, 5.74) is 2.27. The van der Waals surface area contributed by atoms with Gasteiger partial charge in [0, 0.05) is 24.4 Å². The summed E-state index contributed by atoms with van der Waals surface area (Å²) in [4.78, 5) is 0. The Morgan fingerprint density at radius 1 is 1.59 bits per heavy atom. The minimum Gasteiger partial charge on any atom is -0.392 e. The van der Waals surface area contributed by atoms with Crippen LogP contribution in [0.25, 0.3) is 0 Å². The maximum Gasteiger partial charge on any atom is 0.0713 e. The lowest BCUT2D eigenvalue weighted by Crippen LogP contribution is -2.28. The van der Waals surface area contributed by atoms with Crippen LogP contribution in [-0.2, 0) is 19.9 Å². The van der Waals surface area contributed by atoms with Crippen LogP contribution in [0.15, 0.2) is 6.07 Å². The van der Waals surface area contributed by atoms with Crippen molar-refractivity contribution in [3.63, 3.8) is 0 Å². The van der Waals surface area contributed by atoms with Crippen LogP contribution in [0.2, 0.25) is 0 Å². The Hall–Kier alpha value is -0.480. The first kappa shape index (κ1) is 13.0. The Balaban J connectivity index is 1.96. The van der Waals surface area contributed by atoms with Crippen molar-refractivity contribution in [2.24, 2.45) is 7.05 Å². The molecule has 0 saturated carbocycles. The summed E-state index contributed by atoms with van der Waals surface area (Å²) >= 11 is 1.93. The van der Waals surface area contributed by atoms with Gasteiger partial charge in [0.2, 0.25) is 0 Å². The zero-order chi connectivity index (χ0) is 12.3. The molecule has 2 atom stereocenters. The number of nitrogens with zero attached hydrogens (tertiary/aromatic N) is 2. The number of aliphatic hydroxyl groups excluding tert-OH is 1. The molecule has 0 aromatic carbocycles. The van der Waals surface area contributed by atoms with E-state index in [-0.39, 0.29) is 6.10 Å². The fourth-order valence-electron chi connectivity index (χ4n) is 2.35. The molecule has 2 unspecified atom stereocenters. The van der Waals surface area contributed by atoms with Gasteiger partial charge in [0.15, 0.2) is 0 Å². The van der Waals surface area contributed by atoms with E-state index >= 15 is 0 Å². The van der Waals surface area contributed by atoms with Gasteiger partial charge in [-0.2, -0.15) is 16.9 Å². The van der Waals surface area contributed by atoms with Crippen molar-refractivity contribution in [3.8, 4) is 0 Å². The average Bonchev–Trinajstić information content (AvgIpc) is 2.71. The Morgan fingerprint density at radius 3 is 3.00 bits per heavy atom. The zero-order valence-electron chi connectivity index (χ0n) is 10.7. The second-order valence-electron chi connectivity index (χ2n) is 4.78. The van der Waals surface area contributed by atoms with Gasteiger partial charge >= 0.3 is 0 Å². The van der Waals surface area contributed by atoms with Gasteiger partial charge in [-0.15, -0.1) is 0 Å². The highest BCUT2D eigenvalue weighted by Crippen LogP contribution is 2.28. The molecular weight excluding hydrogens is 232 g/mol. The first-order chi connectivity index (χ1) is 8.20. The van der Waals surface area contributed by atoms with E-state index in [0.29, 0.717) is 5.25 Å². The second kappa shape index (κ2) is 5.91. The van der Waals surface area contributed by atoms with Crippen LogP contribution in [0, 0.1) is 0 Å². The number of aliphatic hydroxyl groups is 1. The van der Waals surface area contributed by atoms with Crippen LogP contribution in [0.1, 0.15) is 37.6 Å². The molecule has 0 aliphatic carbocycles. The number of hydrogen-bond donors (Lipinski definition) is 1. The average molecular weight is 254 g/mol. The van der Waals surface area contributed by atoms with Crippen molar-refractivity contribution in [2.45, 2.75) is 50.4 Å². The lowest BCUT2D eigenvalue weighted by Gasteiger charge is -2.26. The van der Waals surface area contributed by atoms with Crippen LogP contribution < -0.4 is 0 Å². The minimum atomic E-state index is -0.222. The molecule has 3 nitrogen and oxygen atoms in total. The van der Waals surface area contributed by atoms with Gasteiger partial charge in [0.25, 0.3) is 0 Å². The third-order valence-electron chi connectivity index (χ3n) is 3.45. The Morgan fingerprint density at radius 2 is 2.41 bits per heavy atom. The predicted molar refractivity (Wildman–Crippen MR) is 72.4 cm³/mol. The molecule has 1 aromatic rings. The monoisotopic (exact) mass is 254 g/mol. The molecule has 0 radical (unpaired) electrons. The number of rotatable bonds is 4. The topological polar surface area (TPSA) is 38.0 Å². The number of thioether (sulfide) groups is 1. The summed E-state index contributed by atoms with van der Waals surface area (Å²) in [6, 6.07) is 2.12. The minimum absolute atomic E-state index is 0.222. The first-order valence-corrected chi connectivity index (χ1v) is 7.57. The van der Waals surface area contributed by atoms with Gasteiger partial charge in [-0.05, 0) is 31.1 Å². The van der Waals surface area contributed by atoms with E-state index in [4.69, 9.17) is 0 Å². The zero-order valence-corrected chi connectivity index (χ0v) is 11.5. The molecule has 0 amide bonds. The Labute approximate surface area is 108 Å². The Bertz CT molecular complexity index is 358. The van der Waals surface area contributed by atoms with E-state index in [9.17, 15) is 5.11 Å². The summed E-state index contributed by atoms with van der Waals surface area (Å²) in [6.45, 7) is 2.11. The molecule has 1 saturated heterocycles. The third-order valence-corrected chi connectivity index (χ3v) is 4.95. The van der Waals surface area contributed by atoms with Gasteiger partial charge in [-0.1, -0.05) is 13.3 Å². The van der Waals surface area contributed by atoms with E-state index in [0.717, 1.165) is 30.7 Å². The molecule has 1 N–H and O–H groups in total. The molecule has 0 spiro atoms. The fraction of sp³-hybridized carbons (Fsp3) is 0.769. The highest BCUT2D eigenvalue weighted by atomic mass is 32.2. The van der Waals surface area contributed by atoms with Gasteiger partial charge in [-0.25, -0.2) is 0 Å². The molecule has 2 rings (SSSR count). The molecule has 4 heteroatoms. The van der Waals surface area contributed by atoms with E-state index in [1.807, 2.05) is 23.5 Å². The maximum absolute atomic E-state index is 10.3. The van der Waals surface area contributed by atoms with Gasteiger partial charge in [-0.3, -0.25) is 4.68 Å². The van der Waals surface area contributed by atoms with Crippen molar-refractivity contribution < 1.29 is 5.11 Å². The van der Waals surface area contributed by atoms with Crippen LogP contribution in [-0.4, -0.2) is 32.0 Å². The lowest BCUT2D eigenvalue weighted by atomic mass is 10.0. The highest BCUT2D eigenvalue weighted by Gasteiger charge is 2.23. The maximum atomic E-state index is 10.3. The van der Waals surface area contributed by atoms with Crippen molar-refractivity contribution in [2.75, 3.05) is 5.75 Å². The quantitative estimate of drug-likeness (QED) is 0.895. The third kappa shape index (κ3) is 3.26. The SMILES string of the molecule is CCc1cc(CC(O)C2CCCCS2)n(C)n1. The highest BCUT2D eigenvalue weighted by molar-refractivity contribution is 8.00. The number of aromatic nitrogens is 2. The number of hydrogen-bond acceptors (Lipinski definition) is 3. The summed E-state index contributed by atoms with van der Waals surface area (Å²) < 4.78 is 1.91. The molecule has 2 heterocycles. The van der Waals surface area contributed by atoms with Crippen LogP contribution in [0.4, 0.5) is 0 Å². The molecule has 17 heavy (non-hydrogen) atoms. The molecule has 1 aliphatic rings. The van der Waals surface area contributed by atoms with E-state index < -0.39 is 0 Å². The normalized spacial score (nSPS) is 22.6. The molecule has 1 fully saturated rings. The predicted octanol–water partition coefficient (Wildman–Crippen LogP) is 2.17. The summed E-state index contributed by atoms with van der Waals surface area (Å²) in [5, 5.41) is 15.1. The molecular formula is C13H22N2OS. The van der Waals surface area contributed by atoms with E-state index in [1.54, 1.807) is 0 Å². The van der Waals surface area contributed by atoms with Crippen molar-refractivity contribution in [1.29, 1.82) is 0 Å². The molecule has 1 aromatic heterocycles. The second-order valence-corrected chi connectivity index (χ2v) is 6.13. The fourth-order valence-corrected chi connectivity index (χ4v) is 3.68. The van der Waals surface area contributed by atoms with Gasteiger partial charge < -0.3 is 5.11 Å². The Kier molecular flexibility index (Phi) is 4.51. The van der Waals surface area contributed by atoms with Crippen molar-refractivity contribution in [1.82, 2.24) is 9.78 Å². The number of aryl methyl sites for hydroxylation is 2. The first-order valence-electron chi connectivity index (χ1n) is 6.52.